The number of carbonyl (C=O) groups is 2. The van der Waals surface area contributed by atoms with Crippen LogP contribution in [0.5, 0.6) is 0 Å². The van der Waals surface area contributed by atoms with Crippen LogP contribution in [-0.4, -0.2) is 35.0 Å². The lowest BCUT2D eigenvalue weighted by molar-refractivity contribution is -0.136. The summed E-state index contributed by atoms with van der Waals surface area (Å²) in [6.07, 6.45) is 9.68. The molecule has 5 heteroatoms. The van der Waals surface area contributed by atoms with Crippen LogP contribution in [0.4, 0.5) is 0 Å². The number of methoxy groups -OCH3 is 1. The largest absolute Gasteiger partial charge is 0.465 e. The summed E-state index contributed by atoms with van der Waals surface area (Å²) in [5.74, 6) is -0.597. The van der Waals surface area contributed by atoms with E-state index in [0.29, 0.717) is 23.4 Å². The van der Waals surface area contributed by atoms with Crippen molar-refractivity contribution in [3.63, 3.8) is 0 Å². The number of aromatic nitrogens is 1. The van der Waals surface area contributed by atoms with Gasteiger partial charge in [-0.15, -0.1) is 0 Å². The van der Waals surface area contributed by atoms with Gasteiger partial charge in [-0.2, -0.15) is 0 Å². The number of nitrogens with zero attached hydrogens (tertiary/aromatic N) is 2. The maximum Gasteiger partial charge on any atom is 0.340 e. The second-order valence-corrected chi connectivity index (χ2v) is 9.78. The predicted octanol–water partition coefficient (Wildman–Crippen LogP) is 6.27. The van der Waals surface area contributed by atoms with Gasteiger partial charge < -0.3 is 14.2 Å². The highest BCUT2D eigenvalue weighted by Gasteiger charge is 2.37. The molecule has 0 spiro atoms. The minimum atomic E-state index is -0.468. The molecule has 5 nitrogen and oxygen atoms in total. The number of aryl methyl sites for hydroxylation is 3. The van der Waals surface area contributed by atoms with E-state index in [1.165, 1.54) is 36.7 Å². The van der Waals surface area contributed by atoms with E-state index in [1.54, 1.807) is 4.90 Å². The van der Waals surface area contributed by atoms with Crippen molar-refractivity contribution in [2.24, 2.45) is 0 Å². The molecule has 184 valence electrons. The Bertz CT molecular complexity index is 1270. The lowest BCUT2D eigenvalue weighted by Gasteiger charge is -2.20. The Hall–Kier alpha value is -3.34. The molecule has 2 aliphatic rings. The van der Waals surface area contributed by atoms with Crippen LogP contribution < -0.4 is 0 Å². The van der Waals surface area contributed by atoms with Gasteiger partial charge in [0.15, 0.2) is 0 Å². The van der Waals surface area contributed by atoms with Gasteiger partial charge in [0.25, 0.3) is 5.91 Å². The van der Waals surface area contributed by atoms with E-state index >= 15 is 0 Å². The molecule has 1 aromatic carbocycles. The Morgan fingerprint density at radius 3 is 2.54 bits per heavy atom. The highest BCUT2D eigenvalue weighted by molar-refractivity contribution is 6.16. The highest BCUT2D eigenvalue weighted by atomic mass is 16.5. The first-order valence-electron chi connectivity index (χ1n) is 12.5. The number of esters is 1. The second-order valence-electron chi connectivity index (χ2n) is 9.78. The Labute approximate surface area is 208 Å². The van der Waals surface area contributed by atoms with E-state index in [2.05, 4.69) is 62.6 Å². The topological polar surface area (TPSA) is 51.5 Å². The molecule has 0 saturated carbocycles. The number of carbonyl (C=O) groups excluding carboxylic acids is 2. The van der Waals surface area contributed by atoms with E-state index < -0.39 is 5.97 Å². The second kappa shape index (κ2) is 10.1. The van der Waals surface area contributed by atoms with Gasteiger partial charge >= 0.3 is 5.97 Å². The number of rotatable bonds is 6. The molecule has 2 heterocycles. The van der Waals surface area contributed by atoms with Gasteiger partial charge in [0.05, 0.1) is 18.3 Å². The van der Waals surface area contributed by atoms with Gasteiger partial charge in [0.2, 0.25) is 0 Å². The van der Waals surface area contributed by atoms with Crippen LogP contribution in [0, 0.1) is 27.7 Å². The fraction of sp³-hybridized carbons (Fsp3) is 0.400. The Morgan fingerprint density at radius 2 is 1.86 bits per heavy atom. The van der Waals surface area contributed by atoms with Crippen molar-refractivity contribution in [2.75, 3.05) is 13.7 Å². The van der Waals surface area contributed by atoms with Crippen molar-refractivity contribution in [1.29, 1.82) is 0 Å². The predicted molar refractivity (Wildman–Crippen MR) is 140 cm³/mol. The van der Waals surface area contributed by atoms with E-state index in [9.17, 15) is 9.59 Å². The summed E-state index contributed by atoms with van der Waals surface area (Å²) in [7, 11) is 1.37. The van der Waals surface area contributed by atoms with Crippen molar-refractivity contribution in [3.05, 3.63) is 80.8 Å². The summed E-state index contributed by atoms with van der Waals surface area (Å²) in [5.41, 5.74) is 9.40. The third kappa shape index (κ3) is 4.77. The van der Waals surface area contributed by atoms with Crippen LogP contribution >= 0.6 is 0 Å². The Morgan fingerprint density at radius 1 is 1.09 bits per heavy atom. The van der Waals surface area contributed by atoms with Gasteiger partial charge in [-0.25, -0.2) is 4.79 Å². The molecular weight excluding hydrogens is 436 g/mol. The molecular formula is C30H36N2O3. The minimum absolute atomic E-state index is 0.129. The van der Waals surface area contributed by atoms with E-state index in [4.69, 9.17) is 4.74 Å². The molecule has 1 aromatic heterocycles. The van der Waals surface area contributed by atoms with Gasteiger partial charge in [-0.3, -0.25) is 4.79 Å². The number of ether oxygens (including phenoxy) is 1. The van der Waals surface area contributed by atoms with Crippen LogP contribution in [0.3, 0.4) is 0 Å². The molecule has 1 amide bonds. The van der Waals surface area contributed by atoms with E-state index in [1.807, 2.05) is 13.0 Å². The molecule has 1 aliphatic heterocycles. The summed E-state index contributed by atoms with van der Waals surface area (Å²) < 4.78 is 7.31. The average Bonchev–Trinajstić information content (AvgIpc) is 3.25. The van der Waals surface area contributed by atoms with Gasteiger partial charge in [0, 0.05) is 29.3 Å². The lowest BCUT2D eigenvalue weighted by atomic mass is 9.97. The third-order valence-electron chi connectivity index (χ3n) is 7.32. The van der Waals surface area contributed by atoms with Crippen molar-refractivity contribution in [1.82, 2.24) is 9.47 Å². The monoisotopic (exact) mass is 472 g/mol. The maximum absolute atomic E-state index is 13.6. The zero-order valence-electron chi connectivity index (χ0n) is 21.8. The fourth-order valence-corrected chi connectivity index (χ4v) is 5.30. The zero-order valence-corrected chi connectivity index (χ0v) is 21.8. The van der Waals surface area contributed by atoms with Crippen molar-refractivity contribution in [3.8, 4) is 5.69 Å². The van der Waals surface area contributed by atoms with Crippen LogP contribution in [0.25, 0.3) is 11.8 Å². The summed E-state index contributed by atoms with van der Waals surface area (Å²) in [6.45, 7) is 10.7. The molecule has 1 aliphatic carbocycles. The maximum atomic E-state index is 13.6. The number of hydrogen-bond acceptors (Lipinski definition) is 3. The molecule has 0 saturated heterocycles. The molecule has 2 aromatic rings. The molecule has 0 radical (unpaired) electrons. The van der Waals surface area contributed by atoms with Crippen LogP contribution in [0.2, 0.25) is 0 Å². The Kier molecular flexibility index (Phi) is 7.15. The highest BCUT2D eigenvalue weighted by Crippen LogP contribution is 2.34. The van der Waals surface area contributed by atoms with Gasteiger partial charge in [-0.05, 0) is 102 Å². The fourth-order valence-electron chi connectivity index (χ4n) is 5.30. The van der Waals surface area contributed by atoms with Crippen molar-refractivity contribution in [2.45, 2.75) is 66.7 Å². The van der Waals surface area contributed by atoms with E-state index in [-0.39, 0.29) is 5.91 Å². The van der Waals surface area contributed by atoms with Gasteiger partial charge in [0.1, 0.15) is 0 Å². The van der Waals surface area contributed by atoms with Crippen LogP contribution in [0.1, 0.15) is 67.1 Å². The number of hydrogen-bond donors (Lipinski definition) is 0. The smallest absolute Gasteiger partial charge is 0.340 e. The third-order valence-corrected chi connectivity index (χ3v) is 7.32. The quantitative estimate of drug-likeness (QED) is 0.283. The molecule has 0 bridgehead atoms. The van der Waals surface area contributed by atoms with E-state index in [0.717, 1.165) is 41.9 Å². The zero-order chi connectivity index (χ0) is 25.3. The molecule has 0 N–H and O–H groups in total. The summed E-state index contributed by atoms with van der Waals surface area (Å²) in [6, 6.07) is 8.50. The summed E-state index contributed by atoms with van der Waals surface area (Å²) >= 11 is 0. The van der Waals surface area contributed by atoms with Crippen molar-refractivity contribution >= 4 is 18.0 Å². The first-order chi connectivity index (χ1) is 16.7. The first kappa shape index (κ1) is 24.8. The Balaban J connectivity index is 1.72. The molecule has 35 heavy (non-hydrogen) atoms. The standard InChI is InChI=1S/C30H36N2O3/c1-19-12-13-20(2)27(16-19)32-21(3)17-25(22(32)4)18-26-28(30(34)35-6)23(5)31(29(26)33)15-14-24-10-8-7-9-11-24/h10,12-13,16-18H,7-9,11,14-15H2,1-6H3/b26-18+. The molecule has 0 atom stereocenters. The normalized spacial score (nSPS) is 17.4. The molecule has 0 unspecified atom stereocenters. The average molecular weight is 473 g/mol. The summed E-state index contributed by atoms with van der Waals surface area (Å²) in [5, 5.41) is 0. The lowest BCUT2D eigenvalue weighted by Crippen LogP contribution is -2.26. The SMILES string of the molecule is COC(=O)C1=C(C)N(CCC2=CCCCC2)C(=O)/C1=C/c1cc(C)n(-c2cc(C)ccc2C)c1C. The summed E-state index contributed by atoms with van der Waals surface area (Å²) in [4.78, 5) is 28.1. The van der Waals surface area contributed by atoms with Crippen molar-refractivity contribution < 1.29 is 14.3 Å². The van der Waals surface area contributed by atoms with Crippen LogP contribution in [-0.2, 0) is 14.3 Å². The number of allylic oxidation sites excluding steroid dienone is 2. The minimum Gasteiger partial charge on any atom is -0.465 e. The number of benzene rings is 1. The molecule has 4 rings (SSSR count). The number of amides is 1. The van der Waals surface area contributed by atoms with Crippen LogP contribution in [0.15, 0.2) is 52.8 Å². The van der Waals surface area contributed by atoms with Gasteiger partial charge in [-0.1, -0.05) is 23.8 Å². The first-order valence-corrected chi connectivity index (χ1v) is 12.5. The molecule has 0 fully saturated rings.